The van der Waals surface area contributed by atoms with Gasteiger partial charge in [-0.1, -0.05) is 59.9 Å². The molecule has 1 aliphatic heterocycles. The van der Waals surface area contributed by atoms with Gasteiger partial charge in [0.25, 0.3) is 11.5 Å². The number of nitrogens with zero attached hydrogens (tertiary/aromatic N) is 4. The average molecular weight is 470 g/mol. The molecule has 2 aromatic carbocycles. The van der Waals surface area contributed by atoms with Gasteiger partial charge in [0.2, 0.25) is 0 Å². The predicted octanol–water partition coefficient (Wildman–Crippen LogP) is 2.92. The molecule has 34 heavy (non-hydrogen) atoms. The van der Waals surface area contributed by atoms with Crippen molar-refractivity contribution < 1.29 is 4.79 Å². The van der Waals surface area contributed by atoms with E-state index < -0.39 is 6.04 Å². The molecule has 1 amide bonds. The molecule has 3 heterocycles. The highest BCUT2D eigenvalue weighted by atomic mass is 32.1. The number of nitrogens with one attached hydrogen (secondary N) is 1. The second-order valence-electron chi connectivity index (χ2n) is 8.12. The van der Waals surface area contributed by atoms with E-state index in [1.54, 1.807) is 15.4 Å². The molecule has 170 valence electrons. The first-order chi connectivity index (χ1) is 16.4. The summed E-state index contributed by atoms with van der Waals surface area (Å²) in [4.78, 5) is 32.4. The minimum atomic E-state index is -0.585. The van der Waals surface area contributed by atoms with E-state index in [2.05, 4.69) is 15.4 Å². The van der Waals surface area contributed by atoms with Gasteiger partial charge >= 0.3 is 0 Å². The molecule has 5 rings (SSSR count). The van der Waals surface area contributed by atoms with Crippen LogP contribution in [0.4, 0.5) is 5.69 Å². The summed E-state index contributed by atoms with van der Waals surface area (Å²) in [6, 6.07) is 18.3. The number of para-hydroxylation sites is 1. The van der Waals surface area contributed by atoms with Crippen LogP contribution in [0.3, 0.4) is 0 Å². The maximum absolute atomic E-state index is 13.7. The molecule has 0 saturated carbocycles. The number of carbonyl (C=O) groups is 1. The number of rotatable bonds is 4. The van der Waals surface area contributed by atoms with Crippen LogP contribution in [0, 0.1) is 6.92 Å². The number of benzene rings is 2. The lowest BCUT2D eigenvalue weighted by atomic mass is 9.95. The van der Waals surface area contributed by atoms with Gasteiger partial charge in [-0.15, -0.1) is 0 Å². The smallest absolute Gasteiger partial charge is 0.271 e. The first kappa shape index (κ1) is 21.8. The topological polar surface area (TPSA) is 81.3 Å². The first-order valence-corrected chi connectivity index (χ1v) is 11.7. The standard InChI is InChI=1S/C26H23N5O2S/c1-16-22(24(32)29-20-12-8-5-9-13-20)23(18-10-6-4-7-11-18)31-25(33)21(34-26(31)28-16)14-19-15-27-30(3)17(19)2/h4-15,23H,1-3H3,(H,29,32)/b21-14-. The van der Waals surface area contributed by atoms with Crippen LogP contribution in [0.2, 0.25) is 0 Å². The third kappa shape index (κ3) is 3.82. The van der Waals surface area contributed by atoms with E-state index in [0.29, 0.717) is 26.3 Å². The molecule has 4 aromatic rings. The van der Waals surface area contributed by atoms with E-state index in [9.17, 15) is 9.59 Å². The number of hydrogen-bond donors (Lipinski definition) is 1. The highest BCUT2D eigenvalue weighted by molar-refractivity contribution is 7.07. The van der Waals surface area contributed by atoms with Gasteiger partial charge in [-0.05, 0) is 37.6 Å². The molecule has 7 nitrogen and oxygen atoms in total. The number of thiazole rings is 1. The lowest BCUT2D eigenvalue weighted by Crippen LogP contribution is -2.40. The monoisotopic (exact) mass is 469 g/mol. The number of anilines is 1. The summed E-state index contributed by atoms with van der Waals surface area (Å²) in [5.41, 5.74) is 4.23. The van der Waals surface area contributed by atoms with Crippen LogP contribution in [0.25, 0.3) is 6.08 Å². The van der Waals surface area contributed by atoms with Gasteiger partial charge in [0.15, 0.2) is 4.80 Å². The zero-order chi connectivity index (χ0) is 23.8. The Kier molecular flexibility index (Phi) is 5.59. The Morgan fingerprint density at radius 2 is 1.74 bits per heavy atom. The van der Waals surface area contributed by atoms with Crippen molar-refractivity contribution in [3.63, 3.8) is 0 Å². The van der Waals surface area contributed by atoms with Crippen molar-refractivity contribution in [3.8, 4) is 0 Å². The van der Waals surface area contributed by atoms with Gasteiger partial charge in [-0.3, -0.25) is 18.8 Å². The van der Waals surface area contributed by atoms with Crippen molar-refractivity contribution in [2.75, 3.05) is 5.32 Å². The van der Waals surface area contributed by atoms with Crippen LogP contribution in [0.5, 0.6) is 0 Å². The molecule has 2 aromatic heterocycles. The quantitative estimate of drug-likeness (QED) is 0.499. The van der Waals surface area contributed by atoms with Crippen LogP contribution in [-0.2, 0) is 11.8 Å². The highest BCUT2D eigenvalue weighted by Crippen LogP contribution is 2.30. The van der Waals surface area contributed by atoms with Crippen molar-refractivity contribution in [3.05, 3.63) is 115 Å². The Balaban J connectivity index is 1.68. The molecule has 0 saturated heterocycles. The minimum Gasteiger partial charge on any atom is -0.322 e. The minimum absolute atomic E-state index is 0.182. The summed E-state index contributed by atoms with van der Waals surface area (Å²) < 4.78 is 3.95. The van der Waals surface area contributed by atoms with E-state index in [1.165, 1.54) is 11.3 Å². The molecular formula is C26H23N5O2S. The Bertz CT molecular complexity index is 1590. The van der Waals surface area contributed by atoms with E-state index in [4.69, 9.17) is 0 Å². The Morgan fingerprint density at radius 3 is 2.38 bits per heavy atom. The van der Waals surface area contributed by atoms with Crippen molar-refractivity contribution in [1.82, 2.24) is 14.3 Å². The SMILES string of the molecule is CC1=C(C(=O)Nc2ccccc2)C(c2ccccc2)n2c(s/c(=C\c3cnn(C)c3C)c2=O)=N1. The average Bonchev–Trinajstić information content (AvgIpc) is 3.32. The Morgan fingerprint density at radius 1 is 1.06 bits per heavy atom. The third-order valence-electron chi connectivity index (χ3n) is 5.97. The summed E-state index contributed by atoms with van der Waals surface area (Å²) in [7, 11) is 1.87. The zero-order valence-electron chi connectivity index (χ0n) is 19.0. The van der Waals surface area contributed by atoms with Crippen molar-refractivity contribution >= 4 is 29.0 Å². The zero-order valence-corrected chi connectivity index (χ0v) is 19.8. The molecule has 1 atom stereocenters. The van der Waals surface area contributed by atoms with Crippen molar-refractivity contribution in [2.45, 2.75) is 19.9 Å². The number of aromatic nitrogens is 3. The molecule has 0 spiro atoms. The van der Waals surface area contributed by atoms with Crippen molar-refractivity contribution in [2.24, 2.45) is 12.0 Å². The molecule has 0 bridgehead atoms. The molecule has 1 aliphatic rings. The normalized spacial score (nSPS) is 15.7. The maximum atomic E-state index is 13.7. The molecule has 0 fully saturated rings. The largest absolute Gasteiger partial charge is 0.322 e. The fourth-order valence-corrected chi connectivity index (χ4v) is 5.12. The van der Waals surface area contributed by atoms with Gasteiger partial charge in [0, 0.05) is 24.0 Å². The number of aryl methyl sites for hydroxylation is 1. The van der Waals surface area contributed by atoms with Gasteiger partial charge in [-0.2, -0.15) is 5.10 Å². The van der Waals surface area contributed by atoms with Crippen molar-refractivity contribution in [1.29, 1.82) is 0 Å². The second-order valence-corrected chi connectivity index (χ2v) is 9.13. The van der Waals surface area contributed by atoms with Gasteiger partial charge < -0.3 is 5.32 Å². The summed E-state index contributed by atoms with van der Waals surface area (Å²) in [6.45, 7) is 3.77. The molecule has 0 radical (unpaired) electrons. The van der Waals surface area contributed by atoms with E-state index in [0.717, 1.165) is 16.8 Å². The summed E-state index contributed by atoms with van der Waals surface area (Å²) in [5, 5.41) is 7.23. The Hall–Kier alpha value is -4.04. The van der Waals surface area contributed by atoms with Crippen LogP contribution < -0.4 is 20.2 Å². The molecule has 8 heteroatoms. The van der Waals surface area contributed by atoms with E-state index in [-0.39, 0.29) is 11.5 Å². The fourth-order valence-electron chi connectivity index (χ4n) is 4.08. The van der Waals surface area contributed by atoms with E-state index >= 15 is 0 Å². The molecular weight excluding hydrogens is 446 g/mol. The van der Waals surface area contributed by atoms with Gasteiger partial charge in [0.1, 0.15) is 0 Å². The number of allylic oxidation sites excluding steroid dienone is 1. The third-order valence-corrected chi connectivity index (χ3v) is 6.96. The van der Waals surface area contributed by atoms with Crippen LogP contribution in [0.1, 0.15) is 29.8 Å². The second kappa shape index (κ2) is 8.72. The van der Waals surface area contributed by atoms with Gasteiger partial charge in [-0.25, -0.2) is 4.99 Å². The van der Waals surface area contributed by atoms with Crippen LogP contribution in [-0.4, -0.2) is 20.3 Å². The molecule has 1 N–H and O–H groups in total. The summed E-state index contributed by atoms with van der Waals surface area (Å²) >= 11 is 1.32. The number of amides is 1. The van der Waals surface area contributed by atoms with Crippen LogP contribution in [0.15, 0.2) is 87.9 Å². The fraction of sp³-hybridized carbons (Fsp3) is 0.154. The first-order valence-electron chi connectivity index (χ1n) is 10.9. The highest BCUT2D eigenvalue weighted by Gasteiger charge is 2.32. The number of hydrogen-bond acceptors (Lipinski definition) is 5. The lowest BCUT2D eigenvalue weighted by Gasteiger charge is -2.25. The number of fused-ring (bicyclic) bond motifs is 1. The van der Waals surface area contributed by atoms with E-state index in [1.807, 2.05) is 87.6 Å². The predicted molar refractivity (Wildman–Crippen MR) is 133 cm³/mol. The molecule has 0 aliphatic carbocycles. The summed E-state index contributed by atoms with van der Waals surface area (Å²) in [5.74, 6) is -0.279. The van der Waals surface area contributed by atoms with Crippen LogP contribution >= 0.6 is 11.3 Å². The van der Waals surface area contributed by atoms with Gasteiger partial charge in [0.05, 0.1) is 28.0 Å². The Labute approximate surface area is 200 Å². The maximum Gasteiger partial charge on any atom is 0.271 e. The number of carbonyl (C=O) groups excluding carboxylic acids is 1. The molecule has 1 unspecified atom stereocenters. The lowest BCUT2D eigenvalue weighted by molar-refractivity contribution is -0.113. The summed E-state index contributed by atoms with van der Waals surface area (Å²) in [6.07, 6.45) is 3.59.